The van der Waals surface area contributed by atoms with Crippen LogP contribution in [0.3, 0.4) is 0 Å². The van der Waals surface area contributed by atoms with E-state index in [2.05, 4.69) is 9.97 Å². The van der Waals surface area contributed by atoms with Crippen molar-refractivity contribution < 1.29 is 9.47 Å². The molecule has 1 unspecified atom stereocenters. The molecule has 0 saturated heterocycles. The molecule has 0 radical (unpaired) electrons. The number of nitrogens with zero attached hydrogens (tertiary/aromatic N) is 2. The van der Waals surface area contributed by atoms with Crippen molar-refractivity contribution in [3.63, 3.8) is 0 Å². The summed E-state index contributed by atoms with van der Waals surface area (Å²) in [5.41, 5.74) is 1.77. The summed E-state index contributed by atoms with van der Waals surface area (Å²) in [6.45, 7) is 6.97. The van der Waals surface area contributed by atoms with E-state index in [0.717, 1.165) is 11.3 Å². The van der Waals surface area contributed by atoms with Crippen LogP contribution in [0.1, 0.15) is 25.1 Å². The third-order valence-corrected chi connectivity index (χ3v) is 2.35. The van der Waals surface area contributed by atoms with Crippen LogP contribution < -0.4 is 4.74 Å². The predicted molar refractivity (Wildman–Crippen MR) is 62.9 cm³/mol. The van der Waals surface area contributed by atoms with Crippen LogP contribution in [0.4, 0.5) is 0 Å². The van der Waals surface area contributed by atoms with Gasteiger partial charge in [-0.25, -0.2) is 9.97 Å². The average Bonchev–Trinajstić information content (AvgIpc) is 2.26. The Balaban J connectivity index is 2.57. The molecule has 1 aromatic rings. The summed E-state index contributed by atoms with van der Waals surface area (Å²) in [5, 5.41) is 0. The first-order chi connectivity index (χ1) is 7.67. The first-order valence-corrected chi connectivity index (χ1v) is 5.83. The van der Waals surface area contributed by atoms with E-state index in [4.69, 9.17) is 21.1 Å². The van der Waals surface area contributed by atoms with Crippen LogP contribution in [0, 0.1) is 6.92 Å². The monoisotopic (exact) mass is 244 g/mol. The fourth-order valence-corrected chi connectivity index (χ4v) is 1.42. The van der Waals surface area contributed by atoms with Gasteiger partial charge in [0.25, 0.3) is 0 Å². The first-order valence-electron chi connectivity index (χ1n) is 5.30. The van der Waals surface area contributed by atoms with Crippen LogP contribution in [0.2, 0.25) is 0 Å². The normalized spacial score (nSPS) is 12.5. The Kier molecular flexibility index (Phi) is 5.49. The quantitative estimate of drug-likeness (QED) is 0.721. The molecule has 1 rings (SSSR count). The van der Waals surface area contributed by atoms with Crippen molar-refractivity contribution in [1.29, 1.82) is 0 Å². The molecule has 1 atom stereocenters. The second-order valence-electron chi connectivity index (χ2n) is 3.48. The Bertz CT molecular complexity index is 334. The van der Waals surface area contributed by atoms with Crippen LogP contribution in [-0.4, -0.2) is 29.3 Å². The summed E-state index contributed by atoms with van der Waals surface area (Å²) in [5.74, 6) is 0.417. The predicted octanol–water partition coefficient (Wildman–Crippen LogP) is 2.33. The average molecular weight is 245 g/mol. The molecule has 0 amide bonds. The summed E-state index contributed by atoms with van der Waals surface area (Å²) in [6.07, 6.45) is 1.64. The van der Waals surface area contributed by atoms with E-state index in [1.807, 2.05) is 20.8 Å². The molecule has 16 heavy (non-hydrogen) atoms. The van der Waals surface area contributed by atoms with Crippen LogP contribution in [0.15, 0.2) is 6.20 Å². The van der Waals surface area contributed by atoms with Gasteiger partial charge >= 0.3 is 6.01 Å². The van der Waals surface area contributed by atoms with Crippen molar-refractivity contribution in [2.24, 2.45) is 0 Å². The standard InChI is InChI=1S/C11H17ClN2O2/c1-4-15-7-8(2)16-11-13-6-10(5-12)9(3)14-11/h6,8H,4-5,7H2,1-3H3. The van der Waals surface area contributed by atoms with Crippen LogP contribution in [0.5, 0.6) is 6.01 Å². The summed E-state index contributed by atoms with van der Waals surface area (Å²) in [4.78, 5) is 8.30. The topological polar surface area (TPSA) is 44.2 Å². The Hall–Kier alpha value is -0.870. The number of hydrogen-bond donors (Lipinski definition) is 0. The second kappa shape index (κ2) is 6.66. The Morgan fingerprint density at radius 3 is 2.81 bits per heavy atom. The Morgan fingerprint density at radius 2 is 2.25 bits per heavy atom. The molecule has 5 heteroatoms. The van der Waals surface area contributed by atoms with Gasteiger partial charge in [-0.1, -0.05) is 0 Å². The SMILES string of the molecule is CCOCC(C)Oc1ncc(CCl)c(C)n1. The zero-order valence-corrected chi connectivity index (χ0v) is 10.6. The zero-order chi connectivity index (χ0) is 12.0. The van der Waals surface area contributed by atoms with Gasteiger partial charge in [0.15, 0.2) is 0 Å². The highest BCUT2D eigenvalue weighted by atomic mass is 35.5. The lowest BCUT2D eigenvalue weighted by Gasteiger charge is -2.13. The van der Waals surface area contributed by atoms with Crippen LogP contribution >= 0.6 is 11.6 Å². The number of aryl methyl sites for hydroxylation is 1. The van der Waals surface area contributed by atoms with Gasteiger partial charge in [-0.05, 0) is 20.8 Å². The molecule has 0 aromatic carbocycles. The maximum absolute atomic E-state index is 5.72. The Morgan fingerprint density at radius 1 is 1.50 bits per heavy atom. The molecule has 0 aliphatic heterocycles. The van der Waals surface area contributed by atoms with Gasteiger partial charge in [0.1, 0.15) is 6.10 Å². The van der Waals surface area contributed by atoms with Crippen molar-refractivity contribution in [3.8, 4) is 6.01 Å². The molecule has 1 heterocycles. The lowest BCUT2D eigenvalue weighted by molar-refractivity contribution is 0.0606. The fourth-order valence-electron chi connectivity index (χ4n) is 1.16. The Labute approximate surface area is 101 Å². The van der Waals surface area contributed by atoms with E-state index in [-0.39, 0.29) is 6.10 Å². The molecule has 90 valence electrons. The largest absolute Gasteiger partial charge is 0.458 e. The number of rotatable bonds is 6. The molecular formula is C11H17ClN2O2. The smallest absolute Gasteiger partial charge is 0.316 e. The summed E-state index contributed by atoms with van der Waals surface area (Å²) < 4.78 is 10.7. The molecule has 0 aliphatic carbocycles. The molecule has 0 spiro atoms. The van der Waals surface area contributed by atoms with Crippen molar-refractivity contribution in [2.75, 3.05) is 13.2 Å². The summed E-state index contributed by atoms with van der Waals surface area (Å²) in [6, 6.07) is 0.374. The minimum absolute atomic E-state index is 0.0544. The van der Waals surface area contributed by atoms with Crippen molar-refractivity contribution in [1.82, 2.24) is 9.97 Å². The molecule has 4 nitrogen and oxygen atoms in total. The number of hydrogen-bond acceptors (Lipinski definition) is 4. The summed E-state index contributed by atoms with van der Waals surface area (Å²) in [7, 11) is 0. The van der Waals surface area contributed by atoms with Crippen molar-refractivity contribution >= 4 is 11.6 Å². The lowest BCUT2D eigenvalue weighted by atomic mass is 10.3. The van der Waals surface area contributed by atoms with Gasteiger partial charge in [0, 0.05) is 24.1 Å². The van der Waals surface area contributed by atoms with Gasteiger partial charge in [0.2, 0.25) is 0 Å². The van der Waals surface area contributed by atoms with E-state index >= 15 is 0 Å². The molecule has 0 N–H and O–H groups in total. The van der Waals surface area contributed by atoms with Gasteiger partial charge < -0.3 is 9.47 Å². The lowest BCUT2D eigenvalue weighted by Crippen LogP contribution is -2.20. The molecule has 0 bridgehead atoms. The van der Waals surface area contributed by atoms with Crippen molar-refractivity contribution in [3.05, 3.63) is 17.5 Å². The molecular weight excluding hydrogens is 228 g/mol. The van der Waals surface area contributed by atoms with E-state index < -0.39 is 0 Å². The maximum atomic E-state index is 5.72. The van der Waals surface area contributed by atoms with E-state index in [1.54, 1.807) is 6.20 Å². The van der Waals surface area contributed by atoms with E-state index in [0.29, 0.717) is 25.1 Å². The minimum atomic E-state index is -0.0544. The molecule has 0 aliphatic rings. The summed E-state index contributed by atoms with van der Waals surface area (Å²) >= 11 is 5.72. The number of halogens is 1. The first kappa shape index (κ1) is 13.2. The highest BCUT2D eigenvalue weighted by molar-refractivity contribution is 6.17. The van der Waals surface area contributed by atoms with Gasteiger partial charge in [-0.15, -0.1) is 11.6 Å². The van der Waals surface area contributed by atoms with Crippen LogP contribution in [0.25, 0.3) is 0 Å². The molecule has 1 aromatic heterocycles. The third kappa shape index (κ3) is 3.94. The van der Waals surface area contributed by atoms with Crippen LogP contribution in [-0.2, 0) is 10.6 Å². The van der Waals surface area contributed by atoms with Gasteiger partial charge in [0.05, 0.1) is 12.5 Å². The number of aromatic nitrogens is 2. The fraction of sp³-hybridized carbons (Fsp3) is 0.636. The molecule has 0 saturated carbocycles. The second-order valence-corrected chi connectivity index (χ2v) is 3.75. The number of ether oxygens (including phenoxy) is 2. The van der Waals surface area contributed by atoms with Crippen molar-refractivity contribution in [2.45, 2.75) is 32.8 Å². The zero-order valence-electron chi connectivity index (χ0n) is 9.86. The highest BCUT2D eigenvalue weighted by Crippen LogP contribution is 2.11. The van der Waals surface area contributed by atoms with E-state index in [9.17, 15) is 0 Å². The maximum Gasteiger partial charge on any atom is 0.316 e. The third-order valence-electron chi connectivity index (χ3n) is 2.07. The van der Waals surface area contributed by atoms with Gasteiger partial charge in [-0.2, -0.15) is 0 Å². The van der Waals surface area contributed by atoms with E-state index in [1.165, 1.54) is 0 Å². The molecule has 0 fully saturated rings. The van der Waals surface area contributed by atoms with Gasteiger partial charge in [-0.3, -0.25) is 0 Å². The number of alkyl halides is 1. The minimum Gasteiger partial charge on any atom is -0.458 e. The highest BCUT2D eigenvalue weighted by Gasteiger charge is 2.08.